The van der Waals surface area contributed by atoms with E-state index in [1.165, 1.54) is 13.5 Å². The molecule has 37 heavy (non-hydrogen) atoms. The Hall–Kier alpha value is -3.30. The average molecular weight is 514 g/mol. The maximum atomic E-state index is 12.4. The molecular formula is C27H39N5O5. The van der Waals surface area contributed by atoms with Crippen LogP contribution in [-0.4, -0.2) is 64.6 Å². The first-order chi connectivity index (χ1) is 17.5. The summed E-state index contributed by atoms with van der Waals surface area (Å²) in [6.07, 6.45) is 8.76. The zero-order valence-corrected chi connectivity index (χ0v) is 22.6. The smallest absolute Gasteiger partial charge is 0.410 e. The molecule has 0 N–H and O–H groups in total. The van der Waals surface area contributed by atoms with Crippen LogP contribution in [-0.2, 0) is 11.8 Å². The van der Waals surface area contributed by atoms with Crippen LogP contribution in [0.2, 0.25) is 0 Å². The fourth-order valence-corrected chi connectivity index (χ4v) is 5.48. The number of hydrogen-bond donors (Lipinski definition) is 0. The average Bonchev–Trinajstić information content (AvgIpc) is 3.29. The molecule has 0 saturated carbocycles. The van der Waals surface area contributed by atoms with Gasteiger partial charge in [0, 0.05) is 68.4 Å². The molecule has 2 saturated heterocycles. The van der Waals surface area contributed by atoms with E-state index < -0.39 is 10.5 Å². The lowest BCUT2D eigenvalue weighted by Gasteiger charge is -2.38. The summed E-state index contributed by atoms with van der Waals surface area (Å²) in [7, 11) is 3.31. The van der Waals surface area contributed by atoms with Gasteiger partial charge in [-0.1, -0.05) is 0 Å². The third-order valence-electron chi connectivity index (χ3n) is 7.40. The minimum atomic E-state index is -0.466. The highest BCUT2D eigenvalue weighted by molar-refractivity contribution is 5.82. The molecule has 2 fully saturated rings. The summed E-state index contributed by atoms with van der Waals surface area (Å²) < 4.78 is 12.6. The molecule has 202 valence electrons. The standard InChI is InChI=1S/C27H39N5O5/c1-27(2,3)37-26(33)31-12-8-20(9-13-31)14-19-6-10-30(11-7-19)23-16-25(36-5)24(32(34)35)15-22(23)21-17-28-29(4)18-21/h15-20H,6-14H2,1-5H3. The van der Waals surface area contributed by atoms with Gasteiger partial charge in [0.25, 0.3) is 0 Å². The molecule has 10 heteroatoms. The number of benzene rings is 1. The fraction of sp³-hybridized carbons (Fsp3) is 0.630. The van der Waals surface area contributed by atoms with Gasteiger partial charge in [-0.05, 0) is 64.7 Å². The van der Waals surface area contributed by atoms with Gasteiger partial charge in [0.15, 0.2) is 5.75 Å². The predicted octanol–water partition coefficient (Wildman–Crippen LogP) is 5.26. The summed E-state index contributed by atoms with van der Waals surface area (Å²) in [5.74, 6) is 1.53. The second-order valence-electron chi connectivity index (χ2n) is 11.3. The number of carbonyl (C=O) groups excluding carboxylic acids is 1. The van der Waals surface area contributed by atoms with Gasteiger partial charge in [0.2, 0.25) is 0 Å². The molecule has 0 atom stereocenters. The van der Waals surface area contributed by atoms with E-state index in [-0.39, 0.29) is 17.5 Å². The molecule has 0 aliphatic carbocycles. The van der Waals surface area contributed by atoms with E-state index in [0.717, 1.165) is 68.7 Å². The zero-order valence-electron chi connectivity index (χ0n) is 22.6. The molecular weight excluding hydrogens is 474 g/mol. The van der Waals surface area contributed by atoms with E-state index in [1.54, 1.807) is 23.0 Å². The number of methoxy groups -OCH3 is 1. The summed E-state index contributed by atoms with van der Waals surface area (Å²) >= 11 is 0. The molecule has 0 unspecified atom stereocenters. The molecule has 0 bridgehead atoms. The molecule has 0 radical (unpaired) electrons. The van der Waals surface area contributed by atoms with Gasteiger partial charge in [-0.2, -0.15) is 5.10 Å². The van der Waals surface area contributed by atoms with Gasteiger partial charge in [0.1, 0.15) is 5.60 Å². The highest BCUT2D eigenvalue weighted by atomic mass is 16.6. The van der Waals surface area contributed by atoms with Crippen LogP contribution < -0.4 is 9.64 Å². The Morgan fingerprint density at radius 2 is 1.73 bits per heavy atom. The molecule has 0 spiro atoms. The van der Waals surface area contributed by atoms with Gasteiger partial charge in [-0.3, -0.25) is 14.8 Å². The van der Waals surface area contributed by atoms with Gasteiger partial charge in [-0.15, -0.1) is 0 Å². The molecule has 10 nitrogen and oxygen atoms in total. The summed E-state index contributed by atoms with van der Waals surface area (Å²) in [6, 6.07) is 3.41. The number of anilines is 1. The molecule has 1 aromatic heterocycles. The monoisotopic (exact) mass is 513 g/mol. The summed E-state index contributed by atoms with van der Waals surface area (Å²) in [5.41, 5.74) is 2.08. The molecule has 2 aliphatic heterocycles. The number of nitrogens with zero attached hydrogens (tertiary/aromatic N) is 5. The predicted molar refractivity (Wildman–Crippen MR) is 142 cm³/mol. The number of rotatable bonds is 6. The quantitative estimate of drug-likeness (QED) is 0.383. The number of ether oxygens (including phenoxy) is 2. The zero-order chi connectivity index (χ0) is 26.7. The van der Waals surface area contributed by atoms with E-state index in [0.29, 0.717) is 11.8 Å². The molecule has 3 heterocycles. The lowest BCUT2D eigenvalue weighted by atomic mass is 9.82. The first-order valence-corrected chi connectivity index (χ1v) is 13.1. The van der Waals surface area contributed by atoms with Gasteiger partial charge in [-0.25, -0.2) is 4.79 Å². The van der Waals surface area contributed by atoms with E-state index in [1.807, 2.05) is 38.9 Å². The second-order valence-corrected chi connectivity index (χ2v) is 11.3. The largest absolute Gasteiger partial charge is 0.490 e. The van der Waals surface area contributed by atoms with Crippen LogP contribution >= 0.6 is 0 Å². The number of hydrogen-bond acceptors (Lipinski definition) is 7. The Bertz CT molecular complexity index is 1110. The van der Waals surface area contributed by atoms with Crippen LogP contribution in [0.3, 0.4) is 0 Å². The fourth-order valence-electron chi connectivity index (χ4n) is 5.48. The van der Waals surface area contributed by atoms with Crippen molar-refractivity contribution in [2.75, 3.05) is 38.2 Å². The third kappa shape index (κ3) is 6.53. The molecule has 1 aromatic carbocycles. The highest BCUT2D eigenvalue weighted by Gasteiger charge is 2.30. The number of piperidine rings is 2. The minimum Gasteiger partial charge on any atom is -0.490 e. The lowest BCUT2D eigenvalue weighted by Crippen LogP contribution is -2.42. The Morgan fingerprint density at radius 1 is 1.11 bits per heavy atom. The third-order valence-corrected chi connectivity index (χ3v) is 7.40. The van der Waals surface area contributed by atoms with Crippen molar-refractivity contribution in [1.29, 1.82) is 0 Å². The Morgan fingerprint density at radius 3 is 2.24 bits per heavy atom. The maximum absolute atomic E-state index is 12.4. The van der Waals surface area contributed by atoms with Gasteiger partial charge < -0.3 is 19.3 Å². The maximum Gasteiger partial charge on any atom is 0.410 e. The number of amides is 1. The number of likely N-dealkylation sites (tertiary alicyclic amines) is 1. The van der Waals surface area contributed by atoms with Crippen LogP contribution in [0, 0.1) is 22.0 Å². The van der Waals surface area contributed by atoms with Crippen LogP contribution in [0.5, 0.6) is 5.75 Å². The number of aromatic nitrogens is 2. The number of carbonyl (C=O) groups is 1. The minimum absolute atomic E-state index is 0.0438. The van der Waals surface area contributed by atoms with Crippen molar-refractivity contribution in [2.24, 2.45) is 18.9 Å². The van der Waals surface area contributed by atoms with Crippen LogP contribution in [0.1, 0.15) is 52.9 Å². The topological polar surface area (TPSA) is 103 Å². The molecule has 4 rings (SSSR count). The van der Waals surface area contributed by atoms with Crippen molar-refractivity contribution >= 4 is 17.5 Å². The summed E-state index contributed by atoms with van der Waals surface area (Å²) in [6.45, 7) is 8.99. The number of aryl methyl sites for hydroxylation is 1. The highest BCUT2D eigenvalue weighted by Crippen LogP contribution is 2.42. The Balaban J connectivity index is 1.38. The lowest BCUT2D eigenvalue weighted by molar-refractivity contribution is -0.385. The molecule has 2 aliphatic rings. The van der Waals surface area contributed by atoms with E-state index in [4.69, 9.17) is 9.47 Å². The number of nitro benzene ring substituents is 1. The first kappa shape index (κ1) is 26.8. The van der Waals surface area contributed by atoms with Crippen molar-refractivity contribution in [1.82, 2.24) is 14.7 Å². The van der Waals surface area contributed by atoms with Crippen LogP contribution in [0.4, 0.5) is 16.2 Å². The van der Waals surface area contributed by atoms with E-state index in [9.17, 15) is 14.9 Å². The van der Waals surface area contributed by atoms with Crippen LogP contribution in [0.25, 0.3) is 11.1 Å². The van der Waals surface area contributed by atoms with Gasteiger partial charge >= 0.3 is 11.8 Å². The summed E-state index contributed by atoms with van der Waals surface area (Å²) in [4.78, 5) is 27.8. The van der Waals surface area contributed by atoms with Crippen molar-refractivity contribution in [3.05, 3.63) is 34.6 Å². The Kier molecular flexibility index (Phi) is 7.94. The van der Waals surface area contributed by atoms with E-state index in [2.05, 4.69) is 10.00 Å². The Labute approximate surface area is 218 Å². The van der Waals surface area contributed by atoms with E-state index >= 15 is 0 Å². The first-order valence-electron chi connectivity index (χ1n) is 13.1. The summed E-state index contributed by atoms with van der Waals surface area (Å²) in [5, 5.41) is 15.9. The van der Waals surface area contributed by atoms with Crippen LogP contribution in [0.15, 0.2) is 24.5 Å². The van der Waals surface area contributed by atoms with Crippen molar-refractivity contribution in [2.45, 2.75) is 58.5 Å². The molecule has 2 aromatic rings. The SMILES string of the molecule is COc1cc(N2CCC(CC3CCN(C(=O)OC(C)(C)C)CC3)CC2)c(-c2cnn(C)c2)cc1[N+](=O)[O-]. The van der Waals surface area contributed by atoms with Crippen molar-refractivity contribution in [3.8, 4) is 16.9 Å². The number of nitro groups is 1. The second kappa shape index (κ2) is 11.0. The van der Waals surface area contributed by atoms with Gasteiger partial charge in [0.05, 0.1) is 18.2 Å². The molecule has 1 amide bonds. The van der Waals surface area contributed by atoms with Crippen molar-refractivity contribution < 1.29 is 19.2 Å². The normalized spacial score (nSPS) is 17.6. The van der Waals surface area contributed by atoms with Crippen molar-refractivity contribution in [3.63, 3.8) is 0 Å².